The molecule has 1 aliphatic rings. The van der Waals surface area contributed by atoms with Gasteiger partial charge in [-0.15, -0.1) is 0 Å². The molecular weight excluding hydrogens is 251 g/mol. The van der Waals surface area contributed by atoms with Crippen LogP contribution in [-0.4, -0.2) is 12.6 Å². The van der Waals surface area contributed by atoms with Crippen LogP contribution in [0.2, 0.25) is 0 Å². The summed E-state index contributed by atoms with van der Waals surface area (Å²) in [6.45, 7) is 3.17. The molecule has 1 heterocycles. The summed E-state index contributed by atoms with van der Waals surface area (Å²) in [5.41, 5.74) is -0.00512. The number of hydrogen-bond acceptors (Lipinski definition) is 1. The minimum atomic E-state index is -4.28. The summed E-state index contributed by atoms with van der Waals surface area (Å²) in [6.07, 6.45) is 1.65. The second kappa shape index (κ2) is 5.78. The minimum Gasteiger partial charge on any atom is -0.310 e. The molecule has 2 atom stereocenters. The van der Waals surface area contributed by atoms with E-state index in [1.54, 1.807) is 12.1 Å². The molecule has 0 bridgehead atoms. The summed E-state index contributed by atoms with van der Waals surface area (Å²) in [6, 6.07) is 5.68. The molecule has 2 rings (SSSR count). The third-order valence-electron chi connectivity index (χ3n) is 3.43. The average molecular weight is 269 g/mol. The van der Waals surface area contributed by atoms with Crippen LogP contribution < -0.4 is 5.32 Å². The van der Waals surface area contributed by atoms with Gasteiger partial charge in [-0.25, -0.2) is 0 Å². The molecule has 1 aromatic carbocycles. The van der Waals surface area contributed by atoms with Gasteiger partial charge in [-0.1, -0.05) is 31.2 Å². The van der Waals surface area contributed by atoms with Crippen LogP contribution in [0, 0.1) is 5.92 Å². The Hall–Kier alpha value is -1.29. The van der Waals surface area contributed by atoms with E-state index in [2.05, 4.69) is 12.2 Å². The molecule has 19 heavy (non-hydrogen) atoms. The highest BCUT2D eigenvalue weighted by Gasteiger charge is 2.30. The topological polar surface area (TPSA) is 12.0 Å². The second-order valence-electron chi connectivity index (χ2n) is 5.17. The van der Waals surface area contributed by atoms with Gasteiger partial charge in [-0.05, 0) is 43.0 Å². The maximum absolute atomic E-state index is 12.6. The number of rotatable bonds is 2. The van der Waals surface area contributed by atoms with Crippen molar-refractivity contribution in [3.63, 3.8) is 0 Å². The van der Waals surface area contributed by atoms with Crippen molar-refractivity contribution in [1.29, 1.82) is 0 Å². The Morgan fingerprint density at radius 2 is 2.11 bits per heavy atom. The number of alkyl halides is 3. The number of benzene rings is 1. The Labute approximate surface area is 111 Å². The molecule has 0 spiro atoms. The molecule has 0 aliphatic carbocycles. The van der Waals surface area contributed by atoms with Gasteiger partial charge in [0.1, 0.15) is 0 Å². The van der Waals surface area contributed by atoms with E-state index in [4.69, 9.17) is 0 Å². The van der Waals surface area contributed by atoms with E-state index in [-0.39, 0.29) is 6.04 Å². The zero-order chi connectivity index (χ0) is 13.9. The van der Waals surface area contributed by atoms with E-state index in [1.807, 2.05) is 6.08 Å². The smallest absolute Gasteiger partial charge is 0.310 e. The first kappa shape index (κ1) is 14.1. The summed E-state index contributed by atoms with van der Waals surface area (Å²) in [4.78, 5) is 0. The number of hydrogen-bond donors (Lipinski definition) is 1. The predicted octanol–water partition coefficient (Wildman–Crippen LogP) is 4.11. The van der Waals surface area contributed by atoms with E-state index in [0.29, 0.717) is 11.5 Å². The molecule has 2 unspecified atom stereocenters. The third-order valence-corrected chi connectivity index (χ3v) is 3.43. The van der Waals surface area contributed by atoms with Gasteiger partial charge in [0.15, 0.2) is 0 Å². The molecule has 0 amide bonds. The Balaban J connectivity index is 2.06. The maximum atomic E-state index is 12.6. The fourth-order valence-corrected chi connectivity index (χ4v) is 2.34. The van der Waals surface area contributed by atoms with Gasteiger partial charge >= 0.3 is 6.18 Å². The highest BCUT2D eigenvalue weighted by Crippen LogP contribution is 2.29. The first-order valence-electron chi connectivity index (χ1n) is 6.54. The monoisotopic (exact) mass is 269 g/mol. The Bertz CT molecular complexity index is 451. The number of nitrogens with one attached hydrogen (secondary N) is 1. The average Bonchev–Trinajstić information content (AvgIpc) is 2.36. The van der Waals surface area contributed by atoms with Crippen molar-refractivity contribution in [1.82, 2.24) is 5.32 Å². The molecule has 1 aliphatic heterocycles. The maximum Gasteiger partial charge on any atom is 0.416 e. The van der Waals surface area contributed by atoms with Crippen LogP contribution in [0.3, 0.4) is 0 Å². The Morgan fingerprint density at radius 1 is 1.32 bits per heavy atom. The first-order chi connectivity index (χ1) is 8.95. The van der Waals surface area contributed by atoms with Crippen LogP contribution in [0.25, 0.3) is 6.08 Å². The lowest BCUT2D eigenvalue weighted by atomic mass is 9.94. The highest BCUT2D eigenvalue weighted by molar-refractivity contribution is 5.51. The van der Waals surface area contributed by atoms with E-state index in [1.165, 1.54) is 12.1 Å². The van der Waals surface area contributed by atoms with Gasteiger partial charge in [-0.3, -0.25) is 0 Å². The molecule has 0 radical (unpaired) electrons. The largest absolute Gasteiger partial charge is 0.416 e. The molecule has 0 aromatic heterocycles. The van der Waals surface area contributed by atoms with Crippen molar-refractivity contribution < 1.29 is 13.2 Å². The SMILES string of the molecule is CC1CCNC(/C=C/c2cccc(C(F)(F)F)c2)C1. The Kier molecular flexibility index (Phi) is 4.30. The van der Waals surface area contributed by atoms with Gasteiger partial charge in [0.2, 0.25) is 0 Å². The van der Waals surface area contributed by atoms with Gasteiger partial charge in [0, 0.05) is 6.04 Å². The molecule has 1 fully saturated rings. The normalized spacial score (nSPS) is 24.8. The summed E-state index contributed by atoms with van der Waals surface area (Å²) in [5, 5.41) is 3.36. The summed E-state index contributed by atoms with van der Waals surface area (Å²) < 4.78 is 37.7. The number of piperidine rings is 1. The number of halogens is 3. The zero-order valence-corrected chi connectivity index (χ0v) is 10.9. The molecule has 104 valence electrons. The van der Waals surface area contributed by atoms with E-state index in [0.717, 1.165) is 25.5 Å². The van der Waals surface area contributed by atoms with Crippen LogP contribution in [0.1, 0.15) is 30.9 Å². The van der Waals surface area contributed by atoms with Crippen molar-refractivity contribution in [3.8, 4) is 0 Å². The van der Waals surface area contributed by atoms with Crippen LogP contribution in [0.15, 0.2) is 30.3 Å². The van der Waals surface area contributed by atoms with Crippen molar-refractivity contribution in [2.45, 2.75) is 32.0 Å². The van der Waals surface area contributed by atoms with E-state index in [9.17, 15) is 13.2 Å². The van der Waals surface area contributed by atoms with Crippen molar-refractivity contribution in [2.75, 3.05) is 6.54 Å². The quantitative estimate of drug-likeness (QED) is 0.852. The lowest BCUT2D eigenvalue weighted by Gasteiger charge is -2.25. The third kappa shape index (κ3) is 4.10. The van der Waals surface area contributed by atoms with Crippen molar-refractivity contribution in [2.24, 2.45) is 5.92 Å². The lowest BCUT2D eigenvalue weighted by molar-refractivity contribution is -0.137. The lowest BCUT2D eigenvalue weighted by Crippen LogP contribution is -2.35. The molecule has 1 N–H and O–H groups in total. The molecule has 1 saturated heterocycles. The van der Waals surface area contributed by atoms with Gasteiger partial charge in [0.25, 0.3) is 0 Å². The van der Waals surface area contributed by atoms with Crippen LogP contribution in [0.4, 0.5) is 13.2 Å². The fourth-order valence-electron chi connectivity index (χ4n) is 2.34. The molecule has 4 heteroatoms. The van der Waals surface area contributed by atoms with Crippen molar-refractivity contribution >= 4 is 6.08 Å². The van der Waals surface area contributed by atoms with Gasteiger partial charge < -0.3 is 5.32 Å². The molecule has 1 nitrogen and oxygen atoms in total. The van der Waals surface area contributed by atoms with Crippen LogP contribution >= 0.6 is 0 Å². The van der Waals surface area contributed by atoms with Crippen LogP contribution in [0.5, 0.6) is 0 Å². The molecular formula is C15H18F3N. The highest BCUT2D eigenvalue weighted by atomic mass is 19.4. The predicted molar refractivity (Wildman–Crippen MR) is 70.7 cm³/mol. The van der Waals surface area contributed by atoms with E-state index >= 15 is 0 Å². The van der Waals surface area contributed by atoms with Crippen LogP contribution in [-0.2, 0) is 6.18 Å². The molecule has 1 aromatic rings. The Morgan fingerprint density at radius 3 is 2.79 bits per heavy atom. The second-order valence-corrected chi connectivity index (χ2v) is 5.17. The summed E-state index contributed by atoms with van der Waals surface area (Å²) in [5.74, 6) is 0.664. The standard InChI is InChI=1S/C15H18F3N/c1-11-7-8-19-14(9-11)6-5-12-3-2-4-13(10-12)15(16,17)18/h2-6,10-11,14,19H,7-9H2,1H3/b6-5+. The van der Waals surface area contributed by atoms with Gasteiger partial charge in [0.05, 0.1) is 5.56 Å². The van der Waals surface area contributed by atoms with Crippen molar-refractivity contribution in [3.05, 3.63) is 41.5 Å². The summed E-state index contributed by atoms with van der Waals surface area (Å²) >= 11 is 0. The minimum absolute atomic E-state index is 0.262. The fraction of sp³-hybridized carbons (Fsp3) is 0.467. The van der Waals surface area contributed by atoms with Gasteiger partial charge in [-0.2, -0.15) is 13.2 Å². The molecule has 0 saturated carbocycles. The summed E-state index contributed by atoms with van der Waals surface area (Å²) in [7, 11) is 0. The zero-order valence-electron chi connectivity index (χ0n) is 10.9. The first-order valence-corrected chi connectivity index (χ1v) is 6.54. The van der Waals surface area contributed by atoms with E-state index < -0.39 is 11.7 Å².